The fourth-order valence-corrected chi connectivity index (χ4v) is 2.88. The SMILES string of the molecule is Cc1ccc(CNC(=O)[C@@H]2CCCO[C@H]2c2cn[nH]c2)nc1C. The minimum atomic E-state index is -0.227. The fourth-order valence-electron chi connectivity index (χ4n) is 2.88. The van der Waals surface area contributed by atoms with Crippen LogP contribution in [0.25, 0.3) is 0 Å². The molecule has 2 aromatic heterocycles. The van der Waals surface area contributed by atoms with Crippen molar-refractivity contribution >= 4 is 5.91 Å². The van der Waals surface area contributed by atoms with E-state index < -0.39 is 0 Å². The maximum atomic E-state index is 12.6. The Morgan fingerprint density at radius 3 is 3.04 bits per heavy atom. The number of rotatable bonds is 4. The third kappa shape index (κ3) is 3.59. The highest BCUT2D eigenvalue weighted by Gasteiger charge is 2.33. The minimum absolute atomic E-state index is 0.0101. The van der Waals surface area contributed by atoms with Gasteiger partial charge in [0.05, 0.1) is 30.5 Å². The number of carbonyl (C=O) groups excluding carboxylic acids is 1. The highest BCUT2D eigenvalue weighted by Crippen LogP contribution is 2.33. The lowest BCUT2D eigenvalue weighted by Gasteiger charge is -2.30. The first-order valence-corrected chi connectivity index (χ1v) is 7.96. The van der Waals surface area contributed by atoms with E-state index in [1.807, 2.05) is 26.0 Å². The van der Waals surface area contributed by atoms with Crippen molar-refractivity contribution < 1.29 is 9.53 Å². The second-order valence-corrected chi connectivity index (χ2v) is 5.99. The van der Waals surface area contributed by atoms with Crippen LogP contribution in [0.2, 0.25) is 0 Å². The second kappa shape index (κ2) is 6.91. The van der Waals surface area contributed by atoms with Crippen molar-refractivity contribution in [3.05, 3.63) is 47.0 Å². The Morgan fingerprint density at radius 1 is 1.43 bits per heavy atom. The molecule has 0 spiro atoms. The first-order chi connectivity index (χ1) is 11.1. The van der Waals surface area contributed by atoms with Gasteiger partial charge in [0.15, 0.2) is 0 Å². The van der Waals surface area contributed by atoms with E-state index in [1.54, 1.807) is 12.4 Å². The van der Waals surface area contributed by atoms with E-state index in [4.69, 9.17) is 4.74 Å². The van der Waals surface area contributed by atoms with Gasteiger partial charge in [0.1, 0.15) is 0 Å². The molecule has 6 heteroatoms. The molecule has 0 aliphatic carbocycles. The standard InChI is InChI=1S/C17H22N4O2/c1-11-5-6-14(21-12(11)2)10-18-17(22)15-4-3-7-23-16(15)13-8-19-20-9-13/h5-6,8-9,15-16H,3-4,7,10H2,1-2H3,(H,18,22)(H,19,20)/t15-,16+/m1/s1. The Morgan fingerprint density at radius 2 is 2.30 bits per heavy atom. The Kier molecular flexibility index (Phi) is 4.71. The van der Waals surface area contributed by atoms with Crippen molar-refractivity contribution in [2.24, 2.45) is 5.92 Å². The molecule has 1 fully saturated rings. The van der Waals surface area contributed by atoms with E-state index in [1.165, 1.54) is 0 Å². The molecular formula is C17H22N4O2. The lowest BCUT2D eigenvalue weighted by molar-refractivity contribution is -0.134. The van der Waals surface area contributed by atoms with Crippen LogP contribution in [0, 0.1) is 19.8 Å². The molecule has 3 heterocycles. The first-order valence-electron chi connectivity index (χ1n) is 7.96. The Hall–Kier alpha value is -2.21. The predicted octanol–water partition coefficient (Wildman–Crippen LogP) is 2.21. The van der Waals surface area contributed by atoms with Crippen LogP contribution in [0.15, 0.2) is 24.5 Å². The van der Waals surface area contributed by atoms with E-state index in [0.717, 1.165) is 35.4 Å². The van der Waals surface area contributed by atoms with Crippen LogP contribution in [0.3, 0.4) is 0 Å². The largest absolute Gasteiger partial charge is 0.373 e. The zero-order chi connectivity index (χ0) is 16.2. The van der Waals surface area contributed by atoms with Gasteiger partial charge in [-0.2, -0.15) is 5.10 Å². The van der Waals surface area contributed by atoms with Crippen molar-refractivity contribution in [2.45, 2.75) is 39.3 Å². The minimum Gasteiger partial charge on any atom is -0.373 e. The number of hydrogen-bond donors (Lipinski definition) is 2. The number of hydrogen-bond acceptors (Lipinski definition) is 4. The first kappa shape index (κ1) is 15.7. The molecule has 1 aliphatic rings. The molecule has 1 aliphatic heterocycles. The van der Waals surface area contributed by atoms with Crippen molar-refractivity contribution in [3.8, 4) is 0 Å². The van der Waals surface area contributed by atoms with E-state index >= 15 is 0 Å². The Balaban J connectivity index is 1.65. The van der Waals surface area contributed by atoms with Gasteiger partial charge in [0.25, 0.3) is 0 Å². The smallest absolute Gasteiger partial charge is 0.226 e. The van der Waals surface area contributed by atoms with Gasteiger partial charge < -0.3 is 10.1 Å². The molecule has 23 heavy (non-hydrogen) atoms. The maximum absolute atomic E-state index is 12.6. The average Bonchev–Trinajstić information content (AvgIpc) is 3.10. The van der Waals surface area contributed by atoms with Gasteiger partial charge in [-0.25, -0.2) is 0 Å². The van der Waals surface area contributed by atoms with E-state index in [-0.39, 0.29) is 17.9 Å². The van der Waals surface area contributed by atoms with Gasteiger partial charge >= 0.3 is 0 Å². The van der Waals surface area contributed by atoms with Gasteiger partial charge in [-0.15, -0.1) is 0 Å². The highest BCUT2D eigenvalue weighted by atomic mass is 16.5. The third-order valence-electron chi connectivity index (χ3n) is 4.36. The summed E-state index contributed by atoms with van der Waals surface area (Å²) in [6.07, 6.45) is 5.01. The molecule has 0 radical (unpaired) electrons. The van der Waals surface area contributed by atoms with Crippen LogP contribution >= 0.6 is 0 Å². The number of aryl methyl sites for hydroxylation is 2. The van der Waals surface area contributed by atoms with Crippen LogP contribution in [0.1, 0.15) is 41.5 Å². The number of nitrogens with zero attached hydrogens (tertiary/aromatic N) is 2. The van der Waals surface area contributed by atoms with Gasteiger partial charge in [-0.05, 0) is 38.3 Å². The summed E-state index contributed by atoms with van der Waals surface area (Å²) < 4.78 is 5.81. The highest BCUT2D eigenvalue weighted by molar-refractivity contribution is 5.79. The zero-order valence-corrected chi connectivity index (χ0v) is 13.5. The molecule has 0 bridgehead atoms. The molecule has 2 aromatic rings. The normalized spacial score (nSPS) is 21.1. The van der Waals surface area contributed by atoms with E-state index in [2.05, 4.69) is 20.5 Å². The Labute approximate surface area is 135 Å². The summed E-state index contributed by atoms with van der Waals surface area (Å²) in [5.74, 6) is -0.177. The number of ether oxygens (including phenoxy) is 1. The molecule has 2 N–H and O–H groups in total. The van der Waals surface area contributed by atoms with Crippen LogP contribution in [-0.2, 0) is 16.1 Å². The number of nitrogens with one attached hydrogen (secondary N) is 2. The van der Waals surface area contributed by atoms with Gasteiger partial charge in [0, 0.05) is 24.1 Å². The van der Waals surface area contributed by atoms with Crippen LogP contribution in [0.4, 0.5) is 0 Å². The zero-order valence-electron chi connectivity index (χ0n) is 13.5. The fraction of sp³-hybridized carbons (Fsp3) is 0.471. The number of aromatic amines is 1. The molecule has 1 saturated heterocycles. The van der Waals surface area contributed by atoms with Gasteiger partial charge in [-0.1, -0.05) is 6.07 Å². The quantitative estimate of drug-likeness (QED) is 0.906. The summed E-state index contributed by atoms with van der Waals surface area (Å²) in [4.78, 5) is 17.1. The number of amides is 1. The number of H-pyrrole nitrogens is 1. The topological polar surface area (TPSA) is 79.9 Å². The van der Waals surface area contributed by atoms with E-state index in [9.17, 15) is 4.79 Å². The summed E-state index contributed by atoms with van der Waals surface area (Å²) in [7, 11) is 0. The summed E-state index contributed by atoms with van der Waals surface area (Å²) in [5.41, 5.74) is 3.95. The molecule has 0 aromatic carbocycles. The molecule has 3 rings (SSSR count). The average molecular weight is 314 g/mol. The molecular weight excluding hydrogens is 292 g/mol. The number of aromatic nitrogens is 3. The van der Waals surface area contributed by atoms with Crippen LogP contribution in [-0.4, -0.2) is 27.7 Å². The predicted molar refractivity (Wildman–Crippen MR) is 85.6 cm³/mol. The number of carbonyl (C=O) groups is 1. The van der Waals surface area contributed by atoms with Crippen molar-refractivity contribution in [3.63, 3.8) is 0 Å². The summed E-state index contributed by atoms with van der Waals surface area (Å²) >= 11 is 0. The number of pyridine rings is 1. The van der Waals surface area contributed by atoms with Crippen LogP contribution in [0.5, 0.6) is 0 Å². The third-order valence-corrected chi connectivity index (χ3v) is 4.36. The molecule has 1 amide bonds. The molecule has 6 nitrogen and oxygen atoms in total. The molecule has 122 valence electrons. The lowest BCUT2D eigenvalue weighted by atomic mass is 9.90. The molecule has 0 saturated carbocycles. The molecule has 2 atom stereocenters. The monoisotopic (exact) mass is 314 g/mol. The summed E-state index contributed by atoms with van der Waals surface area (Å²) in [5, 5.41) is 9.74. The Bertz CT molecular complexity index is 669. The molecule has 0 unspecified atom stereocenters. The van der Waals surface area contributed by atoms with Crippen molar-refractivity contribution in [1.29, 1.82) is 0 Å². The lowest BCUT2D eigenvalue weighted by Crippen LogP contribution is -2.37. The van der Waals surface area contributed by atoms with Crippen molar-refractivity contribution in [2.75, 3.05) is 6.61 Å². The van der Waals surface area contributed by atoms with Gasteiger partial charge in [-0.3, -0.25) is 14.9 Å². The maximum Gasteiger partial charge on any atom is 0.226 e. The van der Waals surface area contributed by atoms with Gasteiger partial charge in [0.2, 0.25) is 5.91 Å². The second-order valence-electron chi connectivity index (χ2n) is 5.99. The van der Waals surface area contributed by atoms with Crippen molar-refractivity contribution in [1.82, 2.24) is 20.5 Å². The summed E-state index contributed by atoms with van der Waals surface area (Å²) in [6.45, 7) is 5.12. The summed E-state index contributed by atoms with van der Waals surface area (Å²) in [6, 6.07) is 3.98. The van der Waals surface area contributed by atoms with Crippen LogP contribution < -0.4 is 5.32 Å². The van der Waals surface area contributed by atoms with E-state index in [0.29, 0.717) is 13.2 Å².